The molecule has 114 valence electrons. The normalized spacial score (nSPS) is 18.1. The first-order valence-electron chi connectivity index (χ1n) is 7.04. The molecule has 0 bridgehead atoms. The van der Waals surface area contributed by atoms with Crippen LogP contribution in [0.5, 0.6) is 0 Å². The van der Waals surface area contributed by atoms with E-state index in [1.807, 2.05) is 18.7 Å². The van der Waals surface area contributed by atoms with Crippen molar-refractivity contribution < 1.29 is 9.59 Å². The average Bonchev–Trinajstić information content (AvgIpc) is 2.49. The predicted octanol–water partition coefficient (Wildman–Crippen LogP) is 1.39. The molecule has 1 saturated heterocycles. The summed E-state index contributed by atoms with van der Waals surface area (Å²) in [6.45, 7) is 2.85. The Morgan fingerprint density at radius 3 is 2.86 bits per heavy atom. The largest absolute Gasteiger partial charge is 0.355 e. The molecule has 1 aromatic rings. The molecule has 1 heterocycles. The first-order chi connectivity index (χ1) is 10.1. The number of benzene rings is 1. The molecule has 5 nitrogen and oxygen atoms in total. The highest BCUT2D eigenvalue weighted by atomic mass is 32.2. The van der Waals surface area contributed by atoms with Gasteiger partial charge in [0.25, 0.3) is 5.91 Å². The van der Waals surface area contributed by atoms with Crippen molar-refractivity contribution >= 4 is 29.3 Å². The molecule has 1 aromatic carbocycles. The van der Waals surface area contributed by atoms with Crippen molar-refractivity contribution in [1.29, 1.82) is 0 Å². The molecule has 6 heteroatoms. The lowest BCUT2D eigenvalue weighted by molar-refractivity contribution is -0.116. The summed E-state index contributed by atoms with van der Waals surface area (Å²) in [7, 11) is 1.60. The summed E-state index contributed by atoms with van der Waals surface area (Å²) in [6, 6.07) is 5.52. The number of carbonyl (C=O) groups excluding carboxylic acids is 2. The fourth-order valence-electron chi connectivity index (χ4n) is 2.27. The lowest BCUT2D eigenvalue weighted by Gasteiger charge is -2.22. The van der Waals surface area contributed by atoms with Crippen molar-refractivity contribution in [3.63, 3.8) is 0 Å². The lowest BCUT2D eigenvalue weighted by atomic mass is 10.1. The minimum atomic E-state index is -0.126. The molecule has 1 aliphatic rings. The van der Waals surface area contributed by atoms with E-state index in [-0.39, 0.29) is 17.9 Å². The van der Waals surface area contributed by atoms with E-state index in [0.717, 1.165) is 29.3 Å². The molecule has 1 unspecified atom stereocenters. The van der Waals surface area contributed by atoms with Crippen LogP contribution in [-0.2, 0) is 4.79 Å². The molecular formula is C15H21N3O2S. The van der Waals surface area contributed by atoms with Crippen molar-refractivity contribution in [1.82, 2.24) is 10.6 Å². The highest BCUT2D eigenvalue weighted by molar-refractivity contribution is 7.99. The van der Waals surface area contributed by atoms with Gasteiger partial charge in [0.2, 0.25) is 5.91 Å². The Morgan fingerprint density at radius 1 is 1.43 bits per heavy atom. The van der Waals surface area contributed by atoms with Gasteiger partial charge in [0, 0.05) is 48.8 Å². The van der Waals surface area contributed by atoms with Gasteiger partial charge in [0.1, 0.15) is 0 Å². The quantitative estimate of drug-likeness (QED) is 0.786. The van der Waals surface area contributed by atoms with E-state index >= 15 is 0 Å². The van der Waals surface area contributed by atoms with Crippen molar-refractivity contribution in [3.8, 4) is 0 Å². The maximum Gasteiger partial charge on any atom is 0.251 e. The zero-order valence-corrected chi connectivity index (χ0v) is 13.2. The molecule has 2 amide bonds. The Morgan fingerprint density at radius 2 is 2.24 bits per heavy atom. The minimum absolute atomic E-state index is 0.00536. The van der Waals surface area contributed by atoms with Crippen LogP contribution in [0, 0.1) is 6.92 Å². The molecule has 0 radical (unpaired) electrons. The van der Waals surface area contributed by atoms with E-state index in [0.29, 0.717) is 12.0 Å². The summed E-state index contributed by atoms with van der Waals surface area (Å²) < 4.78 is 0. The second kappa shape index (κ2) is 7.47. The number of hydrogen-bond donors (Lipinski definition) is 3. The van der Waals surface area contributed by atoms with Gasteiger partial charge in [-0.2, -0.15) is 11.8 Å². The van der Waals surface area contributed by atoms with Gasteiger partial charge in [-0.25, -0.2) is 0 Å². The molecule has 0 aromatic heterocycles. The molecule has 21 heavy (non-hydrogen) atoms. The molecule has 0 spiro atoms. The zero-order valence-electron chi connectivity index (χ0n) is 12.4. The van der Waals surface area contributed by atoms with Crippen LogP contribution in [0.1, 0.15) is 22.3 Å². The summed E-state index contributed by atoms with van der Waals surface area (Å²) in [5.41, 5.74) is 2.24. The third-order valence-corrected chi connectivity index (χ3v) is 4.55. The van der Waals surface area contributed by atoms with E-state index in [4.69, 9.17) is 0 Å². The minimum Gasteiger partial charge on any atom is -0.355 e. The van der Waals surface area contributed by atoms with Gasteiger partial charge in [-0.05, 0) is 30.7 Å². The van der Waals surface area contributed by atoms with Crippen LogP contribution in [0.2, 0.25) is 0 Å². The van der Waals surface area contributed by atoms with Crippen molar-refractivity contribution in [3.05, 3.63) is 29.3 Å². The van der Waals surface area contributed by atoms with E-state index < -0.39 is 0 Å². The molecule has 0 aliphatic carbocycles. The van der Waals surface area contributed by atoms with Gasteiger partial charge in [-0.1, -0.05) is 0 Å². The number of thioether (sulfide) groups is 1. The highest BCUT2D eigenvalue weighted by Gasteiger charge is 2.17. The first-order valence-corrected chi connectivity index (χ1v) is 8.19. The third-order valence-electron chi connectivity index (χ3n) is 3.42. The molecule has 1 fully saturated rings. The van der Waals surface area contributed by atoms with Gasteiger partial charge >= 0.3 is 0 Å². The summed E-state index contributed by atoms with van der Waals surface area (Å²) >= 11 is 1.88. The third kappa shape index (κ3) is 4.47. The Labute approximate surface area is 129 Å². The zero-order chi connectivity index (χ0) is 15.2. The standard InChI is InChI=1S/C15H21N3O2S/c1-10-7-11(15(20)16-2)3-4-13(10)18-14(19)8-12-9-21-6-5-17-12/h3-4,7,12,17H,5-6,8-9H2,1-2H3,(H,16,20)(H,18,19). The van der Waals surface area contributed by atoms with E-state index in [9.17, 15) is 9.59 Å². The summed E-state index contributed by atoms with van der Waals surface area (Å²) in [6.07, 6.45) is 0.476. The Kier molecular flexibility index (Phi) is 5.64. The van der Waals surface area contributed by atoms with E-state index in [1.54, 1.807) is 25.2 Å². The fourth-order valence-corrected chi connectivity index (χ4v) is 3.21. The first kappa shape index (κ1) is 15.9. The van der Waals surface area contributed by atoms with Gasteiger partial charge in [-0.3, -0.25) is 9.59 Å². The summed E-state index contributed by atoms with van der Waals surface area (Å²) in [5.74, 6) is 1.96. The van der Waals surface area contributed by atoms with Crippen molar-refractivity contribution in [2.75, 3.05) is 30.4 Å². The van der Waals surface area contributed by atoms with Gasteiger partial charge in [-0.15, -0.1) is 0 Å². The van der Waals surface area contributed by atoms with Crippen LogP contribution >= 0.6 is 11.8 Å². The number of rotatable bonds is 4. The lowest BCUT2D eigenvalue weighted by Crippen LogP contribution is -2.39. The maximum absolute atomic E-state index is 12.1. The van der Waals surface area contributed by atoms with Gasteiger partial charge in [0.05, 0.1) is 0 Å². The average molecular weight is 307 g/mol. The van der Waals surface area contributed by atoms with Crippen LogP contribution < -0.4 is 16.0 Å². The number of carbonyl (C=O) groups is 2. The molecule has 0 saturated carbocycles. The van der Waals surface area contributed by atoms with Gasteiger partial charge in [0.15, 0.2) is 0 Å². The Bertz CT molecular complexity index is 528. The number of amides is 2. The summed E-state index contributed by atoms with van der Waals surface area (Å²) in [5, 5.41) is 8.86. The smallest absolute Gasteiger partial charge is 0.251 e. The highest BCUT2D eigenvalue weighted by Crippen LogP contribution is 2.18. The van der Waals surface area contributed by atoms with Crippen LogP contribution in [-0.4, -0.2) is 43.0 Å². The Hall–Kier alpha value is -1.53. The SMILES string of the molecule is CNC(=O)c1ccc(NC(=O)CC2CSCCN2)c(C)c1. The number of hydrogen-bond acceptors (Lipinski definition) is 4. The molecule has 1 aliphatic heterocycles. The van der Waals surface area contributed by atoms with Gasteiger partial charge < -0.3 is 16.0 Å². The molecule has 2 rings (SSSR count). The molecule has 3 N–H and O–H groups in total. The molecule has 1 atom stereocenters. The number of aryl methyl sites for hydroxylation is 1. The van der Waals surface area contributed by atoms with E-state index in [2.05, 4.69) is 16.0 Å². The van der Waals surface area contributed by atoms with Crippen molar-refractivity contribution in [2.45, 2.75) is 19.4 Å². The second-order valence-electron chi connectivity index (χ2n) is 5.09. The maximum atomic E-state index is 12.1. The number of nitrogens with one attached hydrogen (secondary N) is 3. The van der Waals surface area contributed by atoms with Crippen LogP contribution in [0.4, 0.5) is 5.69 Å². The van der Waals surface area contributed by atoms with Crippen LogP contribution in [0.3, 0.4) is 0 Å². The second-order valence-corrected chi connectivity index (χ2v) is 6.24. The van der Waals surface area contributed by atoms with E-state index in [1.165, 1.54) is 0 Å². The summed E-state index contributed by atoms with van der Waals surface area (Å²) in [4.78, 5) is 23.6. The van der Waals surface area contributed by atoms with Crippen molar-refractivity contribution in [2.24, 2.45) is 0 Å². The Balaban J connectivity index is 1.95. The van der Waals surface area contributed by atoms with Crippen LogP contribution in [0.15, 0.2) is 18.2 Å². The predicted molar refractivity (Wildman–Crippen MR) is 86.9 cm³/mol. The monoisotopic (exact) mass is 307 g/mol. The topological polar surface area (TPSA) is 70.2 Å². The molecular weight excluding hydrogens is 286 g/mol. The number of anilines is 1. The van der Waals surface area contributed by atoms with Crippen LogP contribution in [0.25, 0.3) is 0 Å². The fraction of sp³-hybridized carbons (Fsp3) is 0.467.